The van der Waals surface area contributed by atoms with Crippen LogP contribution in [0.1, 0.15) is 18.1 Å². The lowest BCUT2D eigenvalue weighted by atomic mass is 10.4. The van der Waals surface area contributed by atoms with Gasteiger partial charge in [0.05, 0.1) is 11.5 Å². The first kappa shape index (κ1) is 12.0. The molecule has 0 bridgehead atoms. The zero-order valence-corrected chi connectivity index (χ0v) is 11.2. The predicted octanol–water partition coefficient (Wildman–Crippen LogP) is 2.31. The zero-order chi connectivity index (χ0) is 13.2. The maximum Gasteiger partial charge on any atom is 0.240 e. The minimum absolute atomic E-state index is 0.0147. The Labute approximate surface area is 113 Å². The molecule has 8 heteroatoms. The van der Waals surface area contributed by atoms with Crippen molar-refractivity contribution in [2.75, 3.05) is 0 Å². The van der Waals surface area contributed by atoms with Crippen LogP contribution in [0.2, 0.25) is 0 Å². The summed E-state index contributed by atoms with van der Waals surface area (Å²) in [6, 6.07) is 3.57. The summed E-state index contributed by atoms with van der Waals surface area (Å²) in [7, 11) is 1.89. The van der Waals surface area contributed by atoms with Gasteiger partial charge in [-0.25, -0.2) is 0 Å². The second-order valence-electron chi connectivity index (χ2n) is 3.92. The van der Waals surface area contributed by atoms with Gasteiger partial charge in [0.2, 0.25) is 11.7 Å². The van der Waals surface area contributed by atoms with Crippen molar-refractivity contribution >= 4 is 11.8 Å². The molecule has 1 atom stereocenters. The number of furan rings is 1. The molecule has 0 radical (unpaired) electrons. The van der Waals surface area contributed by atoms with Crippen molar-refractivity contribution < 1.29 is 8.94 Å². The summed E-state index contributed by atoms with van der Waals surface area (Å²) < 4.78 is 12.3. The van der Waals surface area contributed by atoms with Crippen molar-refractivity contribution in [3.63, 3.8) is 0 Å². The summed E-state index contributed by atoms with van der Waals surface area (Å²) in [5.74, 6) is 1.57. The highest BCUT2D eigenvalue weighted by atomic mass is 32.2. The number of rotatable bonds is 4. The molecule has 98 valence electrons. The third-order valence-electron chi connectivity index (χ3n) is 2.48. The van der Waals surface area contributed by atoms with Crippen LogP contribution < -0.4 is 0 Å². The van der Waals surface area contributed by atoms with Crippen molar-refractivity contribution in [3.05, 3.63) is 30.6 Å². The Kier molecular flexibility index (Phi) is 3.08. The minimum atomic E-state index is -0.0147. The number of aromatic nitrogens is 5. The Morgan fingerprint density at radius 3 is 3.00 bits per heavy atom. The molecular weight excluding hydrogens is 266 g/mol. The first-order valence-electron chi connectivity index (χ1n) is 5.62. The SMILES string of the molecule is CC(Sc1nncn1C)c1nc(-c2ccco2)no1. The minimum Gasteiger partial charge on any atom is -0.461 e. The molecule has 0 spiro atoms. The molecule has 3 heterocycles. The lowest BCUT2D eigenvalue weighted by molar-refractivity contribution is 0.379. The van der Waals surface area contributed by atoms with Crippen LogP contribution >= 0.6 is 11.8 Å². The molecule has 0 aliphatic rings. The molecule has 3 aromatic heterocycles. The van der Waals surface area contributed by atoms with Crippen LogP contribution in [-0.2, 0) is 7.05 Å². The first-order chi connectivity index (χ1) is 9.24. The molecule has 0 aliphatic heterocycles. The fourth-order valence-electron chi connectivity index (χ4n) is 1.49. The number of hydrogen-bond donors (Lipinski definition) is 0. The number of thioether (sulfide) groups is 1. The third kappa shape index (κ3) is 2.39. The monoisotopic (exact) mass is 277 g/mol. The summed E-state index contributed by atoms with van der Waals surface area (Å²) in [5, 5.41) is 12.5. The largest absolute Gasteiger partial charge is 0.461 e. The van der Waals surface area contributed by atoms with Gasteiger partial charge in [0.15, 0.2) is 10.9 Å². The van der Waals surface area contributed by atoms with Gasteiger partial charge in [0, 0.05) is 7.05 Å². The van der Waals surface area contributed by atoms with Crippen LogP contribution in [0.4, 0.5) is 0 Å². The van der Waals surface area contributed by atoms with E-state index in [1.54, 1.807) is 24.7 Å². The van der Waals surface area contributed by atoms with E-state index < -0.39 is 0 Å². The molecule has 1 unspecified atom stereocenters. The Bertz CT molecular complexity index is 660. The molecule has 0 saturated carbocycles. The molecule has 0 aliphatic carbocycles. The zero-order valence-electron chi connectivity index (χ0n) is 10.3. The van der Waals surface area contributed by atoms with E-state index in [2.05, 4.69) is 20.3 Å². The summed E-state index contributed by atoms with van der Waals surface area (Å²) >= 11 is 1.50. The van der Waals surface area contributed by atoms with Crippen molar-refractivity contribution in [2.24, 2.45) is 7.05 Å². The molecular formula is C11H11N5O2S. The van der Waals surface area contributed by atoms with Crippen LogP contribution in [-0.4, -0.2) is 24.9 Å². The summed E-state index contributed by atoms with van der Waals surface area (Å²) in [6.07, 6.45) is 3.22. The topological polar surface area (TPSA) is 82.8 Å². The van der Waals surface area contributed by atoms with Gasteiger partial charge in [-0.2, -0.15) is 4.98 Å². The van der Waals surface area contributed by atoms with Crippen LogP contribution in [0.3, 0.4) is 0 Å². The Balaban J connectivity index is 1.77. The second kappa shape index (κ2) is 4.88. The van der Waals surface area contributed by atoms with Crippen molar-refractivity contribution in [2.45, 2.75) is 17.3 Å². The Morgan fingerprint density at radius 1 is 1.42 bits per heavy atom. The van der Waals surface area contributed by atoms with Gasteiger partial charge in [-0.3, -0.25) is 0 Å². The highest BCUT2D eigenvalue weighted by Gasteiger charge is 2.19. The molecule has 3 aromatic rings. The molecule has 0 saturated heterocycles. The molecule has 19 heavy (non-hydrogen) atoms. The fourth-order valence-corrected chi connectivity index (χ4v) is 2.31. The molecule has 3 rings (SSSR count). The van der Waals surface area contributed by atoms with E-state index in [0.717, 1.165) is 5.16 Å². The van der Waals surface area contributed by atoms with Crippen molar-refractivity contribution in [1.82, 2.24) is 24.9 Å². The van der Waals surface area contributed by atoms with Gasteiger partial charge in [0.1, 0.15) is 6.33 Å². The smallest absolute Gasteiger partial charge is 0.240 e. The van der Waals surface area contributed by atoms with Gasteiger partial charge in [-0.15, -0.1) is 10.2 Å². The van der Waals surface area contributed by atoms with Crippen LogP contribution in [0, 0.1) is 0 Å². The average molecular weight is 277 g/mol. The Morgan fingerprint density at radius 2 is 2.32 bits per heavy atom. The first-order valence-corrected chi connectivity index (χ1v) is 6.50. The van der Waals surface area contributed by atoms with Crippen molar-refractivity contribution in [1.29, 1.82) is 0 Å². The van der Waals surface area contributed by atoms with E-state index in [0.29, 0.717) is 17.5 Å². The highest BCUT2D eigenvalue weighted by molar-refractivity contribution is 7.99. The normalized spacial score (nSPS) is 12.7. The van der Waals surface area contributed by atoms with E-state index in [4.69, 9.17) is 8.94 Å². The van der Waals surface area contributed by atoms with Crippen LogP contribution in [0.25, 0.3) is 11.6 Å². The Hall–Kier alpha value is -2.09. The van der Waals surface area contributed by atoms with Gasteiger partial charge < -0.3 is 13.5 Å². The van der Waals surface area contributed by atoms with Gasteiger partial charge in [-0.1, -0.05) is 16.9 Å². The van der Waals surface area contributed by atoms with Gasteiger partial charge in [-0.05, 0) is 19.1 Å². The molecule has 0 N–H and O–H groups in total. The standard InChI is InChI=1S/C11H11N5O2S/c1-7(19-11-14-12-6-16(11)2)10-13-9(15-18-10)8-4-3-5-17-8/h3-7H,1-2H3. The van der Waals surface area contributed by atoms with Crippen LogP contribution in [0.15, 0.2) is 38.8 Å². The fraction of sp³-hybridized carbons (Fsp3) is 0.273. The van der Waals surface area contributed by atoms with E-state index in [9.17, 15) is 0 Å². The number of hydrogen-bond acceptors (Lipinski definition) is 7. The van der Waals surface area contributed by atoms with E-state index >= 15 is 0 Å². The quantitative estimate of drug-likeness (QED) is 0.676. The lowest BCUT2D eigenvalue weighted by Gasteiger charge is -2.04. The van der Waals surface area contributed by atoms with E-state index in [1.165, 1.54) is 11.8 Å². The summed E-state index contributed by atoms with van der Waals surface area (Å²) in [4.78, 5) is 4.31. The summed E-state index contributed by atoms with van der Waals surface area (Å²) in [6.45, 7) is 1.97. The maximum absolute atomic E-state index is 5.24. The average Bonchev–Trinajstić information content (AvgIpc) is 3.09. The van der Waals surface area contributed by atoms with Gasteiger partial charge in [0.25, 0.3) is 0 Å². The van der Waals surface area contributed by atoms with E-state index in [1.807, 2.05) is 18.5 Å². The third-order valence-corrected chi connectivity index (χ3v) is 3.62. The second-order valence-corrected chi connectivity index (χ2v) is 5.23. The molecule has 0 amide bonds. The molecule has 0 aromatic carbocycles. The summed E-state index contributed by atoms with van der Waals surface area (Å²) in [5.41, 5.74) is 0. The van der Waals surface area contributed by atoms with Crippen molar-refractivity contribution in [3.8, 4) is 11.6 Å². The lowest BCUT2D eigenvalue weighted by Crippen LogP contribution is -1.94. The molecule has 0 fully saturated rings. The predicted molar refractivity (Wildman–Crippen MR) is 67.3 cm³/mol. The van der Waals surface area contributed by atoms with E-state index in [-0.39, 0.29) is 5.25 Å². The highest BCUT2D eigenvalue weighted by Crippen LogP contribution is 2.33. The van der Waals surface area contributed by atoms with Crippen LogP contribution in [0.5, 0.6) is 0 Å². The van der Waals surface area contributed by atoms with Gasteiger partial charge >= 0.3 is 0 Å². The number of aryl methyl sites for hydroxylation is 1. The number of nitrogens with zero attached hydrogens (tertiary/aromatic N) is 5. The molecule has 7 nitrogen and oxygen atoms in total. The maximum atomic E-state index is 5.24.